The molecule has 1 N–H and O–H groups in total. The molecule has 0 atom stereocenters. The van der Waals surface area contributed by atoms with Crippen LogP contribution in [0.5, 0.6) is 6.01 Å². The molecule has 4 heteroatoms. The van der Waals surface area contributed by atoms with Crippen molar-refractivity contribution in [3.8, 4) is 17.1 Å². The average Bonchev–Trinajstić information content (AvgIpc) is 2.39. The maximum absolute atomic E-state index is 8.93. The van der Waals surface area contributed by atoms with Gasteiger partial charge in [-0.1, -0.05) is 24.3 Å². The lowest BCUT2D eigenvalue weighted by Gasteiger charge is -2.02. The molecule has 0 aliphatic rings. The molecule has 0 spiro atoms. The summed E-state index contributed by atoms with van der Waals surface area (Å²) in [6, 6.07) is 7.96. The molecule has 2 aromatic rings. The molecule has 0 aliphatic carbocycles. The van der Waals surface area contributed by atoms with Crippen molar-refractivity contribution >= 4 is 0 Å². The zero-order valence-electron chi connectivity index (χ0n) is 8.92. The lowest BCUT2D eigenvalue weighted by Crippen LogP contribution is -1.91. The van der Waals surface area contributed by atoms with Crippen molar-refractivity contribution < 1.29 is 9.84 Å². The Kier molecular flexibility index (Phi) is 3.12. The molecule has 0 fully saturated rings. The summed E-state index contributed by atoms with van der Waals surface area (Å²) >= 11 is 0. The zero-order chi connectivity index (χ0) is 11.4. The minimum absolute atomic E-state index is 0.0550. The smallest absolute Gasteiger partial charge is 0.316 e. The first-order valence-electron chi connectivity index (χ1n) is 4.89. The minimum Gasteiger partial charge on any atom is -0.467 e. The molecule has 2 rings (SSSR count). The van der Waals surface area contributed by atoms with E-state index in [2.05, 4.69) is 9.97 Å². The first-order chi connectivity index (χ1) is 7.83. The number of aromatic nitrogens is 2. The molecule has 0 aliphatic heterocycles. The van der Waals surface area contributed by atoms with Crippen LogP contribution in [0.1, 0.15) is 5.56 Å². The van der Waals surface area contributed by atoms with Gasteiger partial charge in [-0.3, -0.25) is 0 Å². The predicted octanol–water partition coefficient (Wildman–Crippen LogP) is 1.64. The molecule has 0 amide bonds. The van der Waals surface area contributed by atoms with E-state index in [1.807, 2.05) is 24.3 Å². The van der Waals surface area contributed by atoms with Crippen LogP contribution in [0.25, 0.3) is 11.1 Å². The highest BCUT2D eigenvalue weighted by Gasteiger charge is 2.00. The summed E-state index contributed by atoms with van der Waals surface area (Å²) in [5, 5.41) is 8.93. The number of rotatable bonds is 3. The molecule has 0 radical (unpaired) electrons. The second-order valence-corrected chi connectivity index (χ2v) is 3.31. The second-order valence-electron chi connectivity index (χ2n) is 3.31. The topological polar surface area (TPSA) is 55.2 Å². The van der Waals surface area contributed by atoms with Gasteiger partial charge in [-0.05, 0) is 11.1 Å². The summed E-state index contributed by atoms with van der Waals surface area (Å²) < 4.78 is 4.89. The number of nitrogens with zero attached hydrogens (tertiary/aromatic N) is 2. The number of hydrogen-bond donors (Lipinski definition) is 1. The van der Waals surface area contributed by atoms with Crippen LogP contribution in [0.3, 0.4) is 0 Å². The number of methoxy groups -OCH3 is 1. The SMILES string of the molecule is COc1ncc(-c2ccc(CO)cc2)cn1. The van der Waals surface area contributed by atoms with Gasteiger partial charge in [0.05, 0.1) is 13.7 Å². The van der Waals surface area contributed by atoms with Crippen LogP contribution in [0.2, 0.25) is 0 Å². The highest BCUT2D eigenvalue weighted by atomic mass is 16.5. The van der Waals surface area contributed by atoms with E-state index in [0.29, 0.717) is 6.01 Å². The van der Waals surface area contributed by atoms with Gasteiger partial charge in [0, 0.05) is 18.0 Å². The summed E-state index contributed by atoms with van der Waals surface area (Å²) in [5.41, 5.74) is 2.82. The van der Waals surface area contributed by atoms with Gasteiger partial charge in [0.2, 0.25) is 0 Å². The summed E-state index contributed by atoms with van der Waals surface area (Å²) in [6.45, 7) is 0.0550. The molecule has 0 saturated heterocycles. The Hall–Kier alpha value is -1.94. The maximum Gasteiger partial charge on any atom is 0.316 e. The van der Waals surface area contributed by atoms with E-state index in [1.165, 1.54) is 7.11 Å². The minimum atomic E-state index is 0.0550. The van der Waals surface area contributed by atoms with Crippen molar-refractivity contribution in [2.24, 2.45) is 0 Å². The Morgan fingerprint density at radius 2 is 1.69 bits per heavy atom. The Morgan fingerprint density at radius 1 is 1.06 bits per heavy atom. The maximum atomic E-state index is 8.93. The molecular weight excluding hydrogens is 204 g/mol. The highest BCUT2D eigenvalue weighted by molar-refractivity contribution is 5.61. The third-order valence-electron chi connectivity index (χ3n) is 2.28. The van der Waals surface area contributed by atoms with Gasteiger partial charge in [0.15, 0.2) is 0 Å². The van der Waals surface area contributed by atoms with Crippen molar-refractivity contribution in [1.29, 1.82) is 0 Å². The van der Waals surface area contributed by atoms with E-state index >= 15 is 0 Å². The van der Waals surface area contributed by atoms with Crippen LogP contribution >= 0.6 is 0 Å². The normalized spacial score (nSPS) is 10.1. The van der Waals surface area contributed by atoms with Gasteiger partial charge < -0.3 is 9.84 Å². The van der Waals surface area contributed by atoms with Gasteiger partial charge in [-0.2, -0.15) is 0 Å². The van der Waals surface area contributed by atoms with E-state index in [0.717, 1.165) is 16.7 Å². The van der Waals surface area contributed by atoms with Crippen molar-refractivity contribution in [2.75, 3.05) is 7.11 Å². The molecule has 0 bridgehead atoms. The third kappa shape index (κ3) is 2.17. The monoisotopic (exact) mass is 216 g/mol. The van der Waals surface area contributed by atoms with Crippen LogP contribution < -0.4 is 4.74 Å². The summed E-state index contributed by atoms with van der Waals surface area (Å²) in [6.07, 6.45) is 3.42. The van der Waals surface area contributed by atoms with Crippen LogP contribution in [-0.2, 0) is 6.61 Å². The summed E-state index contributed by atoms with van der Waals surface area (Å²) in [7, 11) is 1.53. The molecule has 0 saturated carbocycles. The first kappa shape index (κ1) is 10.6. The van der Waals surface area contributed by atoms with Crippen molar-refractivity contribution in [3.05, 3.63) is 42.2 Å². The van der Waals surface area contributed by atoms with E-state index in [-0.39, 0.29) is 6.61 Å². The average molecular weight is 216 g/mol. The molecular formula is C12H12N2O2. The summed E-state index contributed by atoms with van der Waals surface area (Å²) in [4.78, 5) is 8.07. The van der Waals surface area contributed by atoms with Gasteiger partial charge in [0.1, 0.15) is 0 Å². The zero-order valence-corrected chi connectivity index (χ0v) is 8.92. The molecule has 1 aromatic heterocycles. The Morgan fingerprint density at radius 3 is 2.19 bits per heavy atom. The predicted molar refractivity (Wildman–Crippen MR) is 59.9 cm³/mol. The van der Waals surface area contributed by atoms with Gasteiger partial charge in [-0.15, -0.1) is 0 Å². The van der Waals surface area contributed by atoms with E-state index in [9.17, 15) is 0 Å². The van der Waals surface area contributed by atoms with Gasteiger partial charge in [0.25, 0.3) is 0 Å². The number of ether oxygens (including phenoxy) is 1. The quantitative estimate of drug-likeness (QED) is 0.847. The fourth-order valence-electron chi connectivity index (χ4n) is 1.37. The largest absolute Gasteiger partial charge is 0.467 e. The van der Waals surface area contributed by atoms with Crippen LogP contribution in [0.15, 0.2) is 36.7 Å². The van der Waals surface area contributed by atoms with Gasteiger partial charge in [-0.25, -0.2) is 9.97 Å². The number of aliphatic hydroxyl groups is 1. The molecule has 82 valence electrons. The van der Waals surface area contributed by atoms with Crippen LogP contribution in [-0.4, -0.2) is 22.2 Å². The Labute approximate surface area is 93.6 Å². The lowest BCUT2D eigenvalue weighted by atomic mass is 10.1. The Balaban J connectivity index is 2.28. The van der Waals surface area contributed by atoms with Gasteiger partial charge >= 0.3 is 6.01 Å². The van der Waals surface area contributed by atoms with Crippen LogP contribution in [0.4, 0.5) is 0 Å². The fraction of sp³-hybridized carbons (Fsp3) is 0.167. The Bertz CT molecular complexity index is 406. The second kappa shape index (κ2) is 4.72. The molecule has 1 heterocycles. The highest BCUT2D eigenvalue weighted by Crippen LogP contribution is 2.18. The molecule has 16 heavy (non-hydrogen) atoms. The van der Waals surface area contributed by atoms with Crippen LogP contribution in [0, 0.1) is 0 Å². The number of aliphatic hydroxyl groups excluding tert-OH is 1. The van der Waals surface area contributed by atoms with Crippen molar-refractivity contribution in [3.63, 3.8) is 0 Å². The summed E-state index contributed by atoms with van der Waals surface area (Å²) in [5.74, 6) is 0. The number of benzene rings is 1. The van der Waals surface area contributed by atoms with Crippen molar-refractivity contribution in [1.82, 2.24) is 9.97 Å². The fourth-order valence-corrected chi connectivity index (χ4v) is 1.37. The molecule has 0 unspecified atom stereocenters. The lowest BCUT2D eigenvalue weighted by molar-refractivity contribution is 0.282. The van der Waals surface area contributed by atoms with E-state index in [4.69, 9.17) is 9.84 Å². The molecule has 1 aromatic carbocycles. The van der Waals surface area contributed by atoms with E-state index in [1.54, 1.807) is 12.4 Å². The van der Waals surface area contributed by atoms with Crippen molar-refractivity contribution in [2.45, 2.75) is 6.61 Å². The first-order valence-corrected chi connectivity index (χ1v) is 4.89. The number of hydrogen-bond acceptors (Lipinski definition) is 4. The van der Waals surface area contributed by atoms with E-state index < -0.39 is 0 Å². The molecule has 4 nitrogen and oxygen atoms in total. The third-order valence-corrected chi connectivity index (χ3v) is 2.28. The standard InChI is InChI=1S/C12H12N2O2/c1-16-12-13-6-11(7-14-12)10-4-2-9(8-15)3-5-10/h2-7,15H,8H2,1H3.